The van der Waals surface area contributed by atoms with E-state index in [4.69, 9.17) is 11.0 Å². The fourth-order valence-electron chi connectivity index (χ4n) is 3.95. The number of nitrogen functional groups attached to an aromatic ring is 1. The molecule has 3 aromatic carbocycles. The normalized spacial score (nSPS) is 10.5. The maximum Gasteiger partial charge on any atom is 0.330 e. The number of amides is 1. The van der Waals surface area contributed by atoms with Gasteiger partial charge in [-0.15, -0.1) is 0 Å². The van der Waals surface area contributed by atoms with Gasteiger partial charge >= 0.3 is 5.69 Å². The third-order valence-electron chi connectivity index (χ3n) is 5.86. The number of nitrogens with one attached hydrogen (secondary N) is 1. The van der Waals surface area contributed by atoms with Crippen LogP contribution >= 0.6 is 0 Å². The van der Waals surface area contributed by atoms with Gasteiger partial charge < -0.3 is 10.6 Å². The van der Waals surface area contributed by atoms with Crippen molar-refractivity contribution in [1.29, 1.82) is 5.26 Å². The van der Waals surface area contributed by atoms with Crippen LogP contribution in [0.2, 0.25) is 0 Å². The Kier molecular flexibility index (Phi) is 7.42. The molecule has 1 heterocycles. The van der Waals surface area contributed by atoms with Crippen molar-refractivity contribution < 1.29 is 4.79 Å². The van der Waals surface area contributed by atoms with E-state index in [0.717, 1.165) is 16.7 Å². The average Bonchev–Trinajstić information content (AvgIpc) is 2.90. The van der Waals surface area contributed by atoms with Gasteiger partial charge in [0.1, 0.15) is 5.82 Å². The monoisotopic (exact) mass is 479 g/mol. The van der Waals surface area contributed by atoms with E-state index < -0.39 is 11.2 Å². The van der Waals surface area contributed by atoms with E-state index in [1.165, 1.54) is 9.47 Å². The number of carbonyl (C=O) groups excluding carboxylic acids is 1. The van der Waals surface area contributed by atoms with Gasteiger partial charge in [-0.3, -0.25) is 19.1 Å². The van der Waals surface area contributed by atoms with E-state index in [1.807, 2.05) is 60.7 Å². The number of carbonyl (C=O) groups is 1. The molecule has 0 saturated carbocycles. The zero-order valence-corrected chi connectivity index (χ0v) is 19.6. The topological polar surface area (TPSA) is 125 Å². The molecular weight excluding hydrogens is 454 g/mol. The molecule has 4 aromatic rings. The molecule has 1 amide bonds. The number of aromatic amines is 1. The Morgan fingerprint density at radius 3 is 2.11 bits per heavy atom. The molecule has 0 unspecified atom stereocenters. The standard InChI is InChI=1S/C28H25N5O3/c29-17-21-13-11-20(12-14-21)15-16-24(34)32(18-22-7-3-1-4-8-22)25-26(30)33(28(36)31-27(25)35)19-23-9-5-2-6-10-23/h1-14H,15-16,18-19,30H2,(H,31,35,36). The van der Waals surface area contributed by atoms with Gasteiger partial charge in [0, 0.05) is 6.42 Å². The van der Waals surface area contributed by atoms with Crippen LogP contribution < -0.4 is 21.9 Å². The van der Waals surface area contributed by atoms with Crippen molar-refractivity contribution in [3.8, 4) is 6.07 Å². The molecule has 0 radical (unpaired) electrons. The second-order valence-electron chi connectivity index (χ2n) is 8.34. The van der Waals surface area contributed by atoms with E-state index in [0.29, 0.717) is 12.0 Å². The quantitative estimate of drug-likeness (QED) is 0.401. The van der Waals surface area contributed by atoms with Crippen LogP contribution in [0.1, 0.15) is 28.7 Å². The highest BCUT2D eigenvalue weighted by Crippen LogP contribution is 2.22. The number of H-pyrrole nitrogens is 1. The number of hydrogen-bond donors (Lipinski definition) is 2. The van der Waals surface area contributed by atoms with Crippen molar-refractivity contribution in [2.45, 2.75) is 25.9 Å². The van der Waals surface area contributed by atoms with Crippen molar-refractivity contribution >= 4 is 17.4 Å². The van der Waals surface area contributed by atoms with Gasteiger partial charge in [0.2, 0.25) is 5.91 Å². The molecule has 4 rings (SSSR count). The minimum Gasteiger partial charge on any atom is -0.383 e. The third-order valence-corrected chi connectivity index (χ3v) is 5.86. The van der Waals surface area contributed by atoms with Crippen LogP contribution in [0, 0.1) is 11.3 Å². The molecule has 8 heteroatoms. The van der Waals surface area contributed by atoms with Crippen LogP contribution in [0.15, 0.2) is 94.5 Å². The maximum absolute atomic E-state index is 13.5. The highest BCUT2D eigenvalue weighted by atomic mass is 16.2. The average molecular weight is 480 g/mol. The first-order valence-corrected chi connectivity index (χ1v) is 11.5. The van der Waals surface area contributed by atoms with Crippen LogP contribution in [0.4, 0.5) is 11.5 Å². The summed E-state index contributed by atoms with van der Waals surface area (Å²) in [4.78, 5) is 42.8. The van der Waals surface area contributed by atoms with Crippen molar-refractivity contribution in [2.24, 2.45) is 0 Å². The molecule has 0 bridgehead atoms. The minimum absolute atomic E-state index is 0.0563. The smallest absolute Gasteiger partial charge is 0.330 e. The molecule has 180 valence electrons. The lowest BCUT2D eigenvalue weighted by Crippen LogP contribution is -2.41. The summed E-state index contributed by atoms with van der Waals surface area (Å²) in [6.45, 7) is 0.262. The lowest BCUT2D eigenvalue weighted by Gasteiger charge is -2.25. The maximum atomic E-state index is 13.5. The van der Waals surface area contributed by atoms with Crippen molar-refractivity contribution in [3.63, 3.8) is 0 Å². The summed E-state index contributed by atoms with van der Waals surface area (Å²) in [5, 5.41) is 8.99. The van der Waals surface area contributed by atoms with Gasteiger partial charge in [0.15, 0.2) is 5.69 Å². The molecule has 0 aliphatic carbocycles. The Morgan fingerprint density at radius 2 is 1.50 bits per heavy atom. The summed E-state index contributed by atoms with van der Waals surface area (Å²) in [7, 11) is 0. The van der Waals surface area contributed by atoms with Crippen molar-refractivity contribution in [1.82, 2.24) is 9.55 Å². The predicted molar refractivity (Wildman–Crippen MR) is 138 cm³/mol. The van der Waals surface area contributed by atoms with Crippen molar-refractivity contribution in [2.75, 3.05) is 10.6 Å². The lowest BCUT2D eigenvalue weighted by atomic mass is 10.1. The summed E-state index contributed by atoms with van der Waals surface area (Å²) in [6.07, 6.45) is 0.521. The molecule has 3 N–H and O–H groups in total. The summed E-state index contributed by atoms with van der Waals surface area (Å²) >= 11 is 0. The Bertz CT molecular complexity index is 1500. The number of rotatable bonds is 8. The van der Waals surface area contributed by atoms with Gasteiger partial charge in [-0.2, -0.15) is 5.26 Å². The van der Waals surface area contributed by atoms with Gasteiger partial charge in [0.05, 0.1) is 24.7 Å². The van der Waals surface area contributed by atoms with E-state index in [-0.39, 0.29) is 36.9 Å². The lowest BCUT2D eigenvalue weighted by molar-refractivity contribution is -0.118. The molecule has 0 atom stereocenters. The first kappa shape index (κ1) is 24.2. The van der Waals surface area contributed by atoms with Gasteiger partial charge in [0.25, 0.3) is 5.56 Å². The number of nitrogens with zero attached hydrogens (tertiary/aromatic N) is 3. The minimum atomic E-state index is -0.718. The number of anilines is 2. The highest BCUT2D eigenvalue weighted by Gasteiger charge is 2.24. The number of hydrogen-bond acceptors (Lipinski definition) is 5. The van der Waals surface area contributed by atoms with Crippen LogP contribution in [-0.4, -0.2) is 15.5 Å². The van der Waals surface area contributed by atoms with Crippen LogP contribution in [0.25, 0.3) is 0 Å². The molecule has 0 spiro atoms. The molecule has 0 fully saturated rings. The number of nitrogens with two attached hydrogens (primary N) is 1. The molecule has 36 heavy (non-hydrogen) atoms. The van der Waals surface area contributed by atoms with Crippen LogP contribution in [0.3, 0.4) is 0 Å². The second kappa shape index (κ2) is 11.0. The second-order valence-corrected chi connectivity index (χ2v) is 8.34. The summed E-state index contributed by atoms with van der Waals surface area (Å²) in [6, 6.07) is 27.6. The molecular formula is C28H25N5O3. The summed E-state index contributed by atoms with van der Waals surface area (Å²) in [5.41, 5.74) is 8.02. The number of aromatic nitrogens is 2. The van der Waals surface area contributed by atoms with E-state index >= 15 is 0 Å². The zero-order valence-electron chi connectivity index (χ0n) is 19.6. The summed E-state index contributed by atoms with van der Waals surface area (Å²) < 4.78 is 1.26. The van der Waals surface area contributed by atoms with Crippen LogP contribution in [0.5, 0.6) is 0 Å². The summed E-state index contributed by atoms with van der Waals surface area (Å²) in [5.74, 6) is -0.388. The fourth-order valence-corrected chi connectivity index (χ4v) is 3.95. The number of benzene rings is 3. The SMILES string of the molecule is N#Cc1ccc(CCC(=O)N(Cc2ccccc2)c2c(N)n(Cc3ccccc3)c(=O)[nH]c2=O)cc1. The first-order chi connectivity index (χ1) is 17.5. The van der Waals surface area contributed by atoms with Crippen LogP contribution in [-0.2, 0) is 24.3 Å². The van der Waals surface area contributed by atoms with E-state index in [2.05, 4.69) is 11.1 Å². The molecule has 0 aliphatic heterocycles. The predicted octanol–water partition coefficient (Wildman–Crippen LogP) is 3.20. The van der Waals surface area contributed by atoms with Gasteiger partial charge in [-0.05, 0) is 35.2 Å². The Hall–Kier alpha value is -4.90. The first-order valence-electron chi connectivity index (χ1n) is 11.5. The number of aryl methyl sites for hydroxylation is 1. The zero-order chi connectivity index (χ0) is 25.5. The van der Waals surface area contributed by atoms with Gasteiger partial charge in [-0.25, -0.2) is 4.79 Å². The molecule has 0 aliphatic rings. The van der Waals surface area contributed by atoms with E-state index in [9.17, 15) is 14.4 Å². The van der Waals surface area contributed by atoms with Gasteiger partial charge in [-0.1, -0.05) is 72.8 Å². The molecule has 0 saturated heterocycles. The molecule has 1 aromatic heterocycles. The largest absolute Gasteiger partial charge is 0.383 e. The number of nitriles is 1. The fraction of sp³-hybridized carbons (Fsp3) is 0.143. The third kappa shape index (κ3) is 5.59. The Balaban J connectivity index is 1.69. The Labute approximate surface area is 207 Å². The molecule has 8 nitrogen and oxygen atoms in total. The van der Waals surface area contributed by atoms with E-state index in [1.54, 1.807) is 24.3 Å². The van der Waals surface area contributed by atoms with Crippen molar-refractivity contribution in [3.05, 3.63) is 128 Å². The highest BCUT2D eigenvalue weighted by molar-refractivity contribution is 5.95. The Morgan fingerprint density at radius 1 is 0.889 bits per heavy atom.